The molecule has 0 saturated carbocycles. The molecule has 0 N–H and O–H groups in total. The summed E-state index contributed by atoms with van der Waals surface area (Å²) in [6, 6.07) is 0. The maximum Gasteiger partial charge on any atom is 0.435 e. The SMILES string of the molecule is Cc1c(C(=O)N2CCCC2)c(C(F)(F)F)nn1C. The van der Waals surface area contributed by atoms with Crippen LogP contribution in [0.4, 0.5) is 13.2 Å². The predicted octanol–water partition coefficient (Wildman–Crippen LogP) is 1.98. The van der Waals surface area contributed by atoms with Crippen LogP contribution in [-0.2, 0) is 13.2 Å². The minimum atomic E-state index is -4.60. The van der Waals surface area contributed by atoms with Crippen LogP contribution < -0.4 is 0 Å². The standard InChI is InChI=1S/C11H14F3N3O/c1-7-8(10(18)17-5-3-4-6-17)9(11(12,13)14)15-16(7)2/h3-6H2,1-2H3. The van der Waals surface area contributed by atoms with Crippen molar-refractivity contribution in [2.24, 2.45) is 7.05 Å². The van der Waals surface area contributed by atoms with E-state index < -0.39 is 17.8 Å². The fourth-order valence-corrected chi connectivity index (χ4v) is 2.14. The van der Waals surface area contributed by atoms with Gasteiger partial charge in [0, 0.05) is 25.8 Å². The summed E-state index contributed by atoms with van der Waals surface area (Å²) < 4.78 is 39.6. The molecule has 0 unspecified atom stereocenters. The second kappa shape index (κ2) is 4.29. The number of amides is 1. The van der Waals surface area contributed by atoms with Crippen LogP contribution in [-0.4, -0.2) is 33.7 Å². The number of nitrogens with zero attached hydrogens (tertiary/aromatic N) is 3. The lowest BCUT2D eigenvalue weighted by Gasteiger charge is -2.16. The molecular formula is C11H14F3N3O. The van der Waals surface area contributed by atoms with E-state index in [1.807, 2.05) is 0 Å². The molecule has 1 aromatic rings. The minimum absolute atomic E-state index is 0.249. The molecule has 0 atom stereocenters. The zero-order valence-electron chi connectivity index (χ0n) is 10.2. The third-order valence-corrected chi connectivity index (χ3v) is 3.21. The van der Waals surface area contributed by atoms with Crippen molar-refractivity contribution in [1.29, 1.82) is 0 Å². The van der Waals surface area contributed by atoms with Crippen LogP contribution in [0.1, 0.15) is 34.6 Å². The Morgan fingerprint density at radius 2 is 1.83 bits per heavy atom. The Balaban J connectivity index is 2.45. The molecule has 7 heteroatoms. The van der Waals surface area contributed by atoms with Crippen LogP contribution in [0, 0.1) is 6.92 Å². The maximum absolute atomic E-state index is 12.8. The molecule has 1 fully saturated rings. The van der Waals surface area contributed by atoms with Crippen molar-refractivity contribution in [2.45, 2.75) is 25.9 Å². The number of likely N-dealkylation sites (tertiary alicyclic amines) is 1. The summed E-state index contributed by atoms with van der Waals surface area (Å²) in [5, 5.41) is 3.42. The molecule has 0 spiro atoms. The molecule has 1 saturated heterocycles. The summed E-state index contributed by atoms with van der Waals surface area (Å²) in [4.78, 5) is 13.6. The molecule has 1 aliphatic rings. The molecule has 1 aliphatic heterocycles. The summed E-state index contributed by atoms with van der Waals surface area (Å²) >= 11 is 0. The van der Waals surface area contributed by atoms with E-state index in [0.29, 0.717) is 13.1 Å². The largest absolute Gasteiger partial charge is 0.435 e. The van der Waals surface area contributed by atoms with Crippen molar-refractivity contribution in [3.63, 3.8) is 0 Å². The lowest BCUT2D eigenvalue weighted by molar-refractivity contribution is -0.141. The number of hydrogen-bond acceptors (Lipinski definition) is 2. The highest BCUT2D eigenvalue weighted by Crippen LogP contribution is 2.33. The fourth-order valence-electron chi connectivity index (χ4n) is 2.14. The summed E-state index contributed by atoms with van der Waals surface area (Å²) in [5.74, 6) is -0.564. The highest BCUT2D eigenvalue weighted by Gasteiger charge is 2.41. The van der Waals surface area contributed by atoms with Gasteiger partial charge in [-0.15, -0.1) is 0 Å². The summed E-state index contributed by atoms with van der Waals surface area (Å²) in [6.07, 6.45) is -2.92. The molecule has 0 aromatic carbocycles. The molecule has 4 nitrogen and oxygen atoms in total. The summed E-state index contributed by atoms with van der Waals surface area (Å²) in [6.45, 7) is 2.51. The average molecular weight is 261 g/mol. The van der Waals surface area contributed by atoms with Gasteiger partial charge in [-0.1, -0.05) is 0 Å². The van der Waals surface area contributed by atoms with Gasteiger partial charge in [0.2, 0.25) is 0 Å². The quantitative estimate of drug-likeness (QED) is 0.775. The molecular weight excluding hydrogens is 247 g/mol. The van der Waals surface area contributed by atoms with Crippen LogP contribution in [0.25, 0.3) is 0 Å². The van der Waals surface area contributed by atoms with Gasteiger partial charge in [0.05, 0.1) is 5.56 Å². The minimum Gasteiger partial charge on any atom is -0.339 e. The second-order valence-electron chi connectivity index (χ2n) is 4.43. The van der Waals surface area contributed by atoms with Gasteiger partial charge >= 0.3 is 6.18 Å². The lowest BCUT2D eigenvalue weighted by Crippen LogP contribution is -2.29. The average Bonchev–Trinajstić information content (AvgIpc) is 2.87. The van der Waals surface area contributed by atoms with Gasteiger partial charge in [0.25, 0.3) is 5.91 Å². The number of hydrogen-bond donors (Lipinski definition) is 0. The van der Waals surface area contributed by atoms with Crippen molar-refractivity contribution in [3.05, 3.63) is 17.0 Å². The van der Waals surface area contributed by atoms with Crippen molar-refractivity contribution in [1.82, 2.24) is 14.7 Å². The Morgan fingerprint density at radius 1 is 1.28 bits per heavy atom. The van der Waals surface area contributed by atoms with Crippen molar-refractivity contribution >= 4 is 5.91 Å². The molecule has 1 aromatic heterocycles. The van der Waals surface area contributed by atoms with Gasteiger partial charge in [0.15, 0.2) is 5.69 Å². The highest BCUT2D eigenvalue weighted by molar-refractivity contribution is 5.96. The maximum atomic E-state index is 12.8. The second-order valence-corrected chi connectivity index (χ2v) is 4.43. The Kier molecular flexibility index (Phi) is 3.08. The topological polar surface area (TPSA) is 38.1 Å². The molecule has 2 rings (SSSR count). The first-order chi connectivity index (χ1) is 8.32. The van der Waals surface area contributed by atoms with Gasteiger partial charge in [-0.2, -0.15) is 18.3 Å². The Morgan fingerprint density at radius 3 is 2.33 bits per heavy atom. The number of carbonyl (C=O) groups is 1. The molecule has 0 aliphatic carbocycles. The Labute approximate surface area is 102 Å². The predicted molar refractivity (Wildman–Crippen MR) is 58.1 cm³/mol. The highest BCUT2D eigenvalue weighted by atomic mass is 19.4. The number of aryl methyl sites for hydroxylation is 1. The van der Waals surface area contributed by atoms with Gasteiger partial charge in [-0.05, 0) is 19.8 Å². The van der Waals surface area contributed by atoms with Crippen LogP contribution >= 0.6 is 0 Å². The van der Waals surface area contributed by atoms with Crippen LogP contribution in [0.15, 0.2) is 0 Å². The van der Waals surface area contributed by atoms with E-state index in [2.05, 4.69) is 5.10 Å². The third kappa shape index (κ3) is 2.09. The molecule has 0 radical (unpaired) electrons. The monoisotopic (exact) mass is 261 g/mol. The van der Waals surface area contributed by atoms with Crippen LogP contribution in [0.3, 0.4) is 0 Å². The normalized spacial score (nSPS) is 16.4. The molecule has 2 heterocycles. The van der Waals surface area contributed by atoms with E-state index in [9.17, 15) is 18.0 Å². The van der Waals surface area contributed by atoms with Crippen LogP contribution in [0.5, 0.6) is 0 Å². The Hall–Kier alpha value is -1.53. The first-order valence-electron chi connectivity index (χ1n) is 5.72. The van der Waals surface area contributed by atoms with E-state index in [1.165, 1.54) is 18.9 Å². The molecule has 100 valence electrons. The zero-order chi connectivity index (χ0) is 13.5. The van der Waals surface area contributed by atoms with E-state index in [1.54, 1.807) is 0 Å². The first kappa shape index (κ1) is 12.9. The van der Waals surface area contributed by atoms with Gasteiger partial charge in [0.1, 0.15) is 0 Å². The van der Waals surface area contributed by atoms with Crippen molar-refractivity contribution in [3.8, 4) is 0 Å². The van der Waals surface area contributed by atoms with Crippen molar-refractivity contribution in [2.75, 3.05) is 13.1 Å². The lowest BCUT2D eigenvalue weighted by atomic mass is 10.1. The van der Waals surface area contributed by atoms with E-state index >= 15 is 0 Å². The molecule has 18 heavy (non-hydrogen) atoms. The van der Waals surface area contributed by atoms with E-state index in [0.717, 1.165) is 17.5 Å². The van der Waals surface area contributed by atoms with E-state index in [-0.39, 0.29) is 11.3 Å². The number of carbonyl (C=O) groups excluding carboxylic acids is 1. The number of aromatic nitrogens is 2. The molecule has 1 amide bonds. The van der Waals surface area contributed by atoms with Gasteiger partial charge < -0.3 is 4.90 Å². The smallest absolute Gasteiger partial charge is 0.339 e. The first-order valence-corrected chi connectivity index (χ1v) is 5.72. The summed E-state index contributed by atoms with van der Waals surface area (Å²) in [7, 11) is 1.41. The number of halogens is 3. The third-order valence-electron chi connectivity index (χ3n) is 3.21. The number of rotatable bonds is 1. The summed E-state index contributed by atoms with van der Waals surface area (Å²) in [5.41, 5.74) is -1.15. The Bertz CT molecular complexity index is 473. The zero-order valence-corrected chi connectivity index (χ0v) is 10.2. The van der Waals surface area contributed by atoms with E-state index in [4.69, 9.17) is 0 Å². The molecule has 0 bridgehead atoms. The van der Waals surface area contributed by atoms with Gasteiger partial charge in [-0.25, -0.2) is 0 Å². The number of alkyl halides is 3. The van der Waals surface area contributed by atoms with Gasteiger partial charge in [-0.3, -0.25) is 9.48 Å². The van der Waals surface area contributed by atoms with Crippen molar-refractivity contribution < 1.29 is 18.0 Å². The van der Waals surface area contributed by atoms with Crippen LogP contribution in [0.2, 0.25) is 0 Å². The fraction of sp³-hybridized carbons (Fsp3) is 0.636.